The minimum absolute atomic E-state index is 0.0206. The van der Waals surface area contributed by atoms with Gasteiger partial charge in [0.2, 0.25) is 5.91 Å². The maximum atomic E-state index is 11.1. The van der Waals surface area contributed by atoms with Crippen LogP contribution in [0.3, 0.4) is 0 Å². The summed E-state index contributed by atoms with van der Waals surface area (Å²) in [6, 6.07) is 0. The van der Waals surface area contributed by atoms with Crippen LogP contribution in [0.25, 0.3) is 0 Å². The zero-order valence-electron chi connectivity index (χ0n) is 7.71. The predicted molar refractivity (Wildman–Crippen MR) is 52.7 cm³/mol. The van der Waals surface area contributed by atoms with E-state index in [1.165, 1.54) is 11.8 Å². The molecule has 0 atom stereocenters. The lowest BCUT2D eigenvalue weighted by Gasteiger charge is -2.13. The molecule has 0 aromatic heterocycles. The van der Waals surface area contributed by atoms with Gasteiger partial charge < -0.3 is 10.2 Å². The molecule has 0 radical (unpaired) electrons. The SMILES string of the molecule is CCNC(=O)CCN1CCSC1=O. The fourth-order valence-electron chi connectivity index (χ4n) is 1.15. The Kier molecular flexibility index (Phi) is 4.08. The summed E-state index contributed by atoms with van der Waals surface area (Å²) in [5.74, 6) is 0.876. The highest BCUT2D eigenvalue weighted by atomic mass is 32.2. The smallest absolute Gasteiger partial charge is 0.281 e. The molecule has 0 bridgehead atoms. The van der Waals surface area contributed by atoms with Gasteiger partial charge in [-0.1, -0.05) is 11.8 Å². The number of nitrogens with one attached hydrogen (secondary N) is 1. The van der Waals surface area contributed by atoms with Crippen LogP contribution in [0, 0.1) is 0 Å². The fourth-order valence-corrected chi connectivity index (χ4v) is 2.00. The molecule has 1 aliphatic rings. The van der Waals surface area contributed by atoms with Crippen molar-refractivity contribution in [3.05, 3.63) is 0 Å². The van der Waals surface area contributed by atoms with E-state index in [0.29, 0.717) is 19.5 Å². The van der Waals surface area contributed by atoms with Crippen molar-refractivity contribution in [1.82, 2.24) is 10.2 Å². The molecule has 1 fully saturated rings. The summed E-state index contributed by atoms with van der Waals surface area (Å²) in [5.41, 5.74) is 0. The number of nitrogens with zero attached hydrogens (tertiary/aromatic N) is 1. The number of hydrogen-bond donors (Lipinski definition) is 1. The van der Waals surface area contributed by atoms with Crippen LogP contribution in [0.4, 0.5) is 4.79 Å². The second kappa shape index (κ2) is 5.11. The molecule has 0 saturated carbocycles. The first-order valence-corrected chi connectivity index (χ1v) is 5.41. The third kappa shape index (κ3) is 3.26. The number of thioether (sulfide) groups is 1. The van der Waals surface area contributed by atoms with Crippen LogP contribution in [0.1, 0.15) is 13.3 Å². The van der Waals surface area contributed by atoms with Gasteiger partial charge in [-0.15, -0.1) is 0 Å². The van der Waals surface area contributed by atoms with Crippen LogP contribution in [-0.4, -0.2) is 41.4 Å². The summed E-state index contributed by atoms with van der Waals surface area (Å²) in [5, 5.41) is 2.80. The number of carbonyl (C=O) groups excluding carboxylic acids is 2. The Morgan fingerprint density at radius 2 is 2.46 bits per heavy atom. The summed E-state index contributed by atoms with van der Waals surface area (Å²) >= 11 is 1.33. The highest BCUT2D eigenvalue weighted by Crippen LogP contribution is 2.16. The molecule has 74 valence electrons. The standard InChI is InChI=1S/C8H14N2O2S/c1-2-9-7(11)3-4-10-5-6-13-8(10)12/h2-6H2,1H3,(H,9,11). The van der Waals surface area contributed by atoms with Crippen molar-refractivity contribution in [2.45, 2.75) is 13.3 Å². The van der Waals surface area contributed by atoms with Gasteiger partial charge in [-0.05, 0) is 6.92 Å². The van der Waals surface area contributed by atoms with E-state index in [9.17, 15) is 9.59 Å². The maximum Gasteiger partial charge on any atom is 0.281 e. The lowest BCUT2D eigenvalue weighted by molar-refractivity contribution is -0.121. The van der Waals surface area contributed by atoms with Crippen molar-refractivity contribution >= 4 is 22.9 Å². The Morgan fingerprint density at radius 1 is 1.69 bits per heavy atom. The van der Waals surface area contributed by atoms with Crippen LogP contribution < -0.4 is 5.32 Å². The lowest BCUT2D eigenvalue weighted by Crippen LogP contribution is -2.30. The molecule has 0 spiro atoms. The molecule has 13 heavy (non-hydrogen) atoms. The van der Waals surface area contributed by atoms with E-state index in [2.05, 4.69) is 5.32 Å². The minimum Gasteiger partial charge on any atom is -0.356 e. The average Bonchev–Trinajstić information content (AvgIpc) is 2.48. The molecule has 0 unspecified atom stereocenters. The quantitative estimate of drug-likeness (QED) is 0.729. The van der Waals surface area contributed by atoms with Crippen molar-refractivity contribution < 1.29 is 9.59 Å². The average molecular weight is 202 g/mol. The van der Waals surface area contributed by atoms with Gasteiger partial charge in [0.25, 0.3) is 5.24 Å². The third-order valence-electron chi connectivity index (χ3n) is 1.83. The summed E-state index contributed by atoms with van der Waals surface area (Å²) in [6.45, 7) is 3.87. The molecule has 1 N–H and O–H groups in total. The summed E-state index contributed by atoms with van der Waals surface area (Å²) in [7, 11) is 0. The Labute approximate surface area is 82.0 Å². The topological polar surface area (TPSA) is 49.4 Å². The summed E-state index contributed by atoms with van der Waals surface area (Å²) in [4.78, 5) is 23.9. The number of carbonyl (C=O) groups is 2. The largest absolute Gasteiger partial charge is 0.356 e. The lowest BCUT2D eigenvalue weighted by atomic mass is 10.3. The molecule has 1 aliphatic heterocycles. The van der Waals surface area contributed by atoms with Gasteiger partial charge in [0.15, 0.2) is 0 Å². The highest BCUT2D eigenvalue weighted by Gasteiger charge is 2.20. The minimum atomic E-state index is 0.0206. The molecule has 1 saturated heterocycles. The van der Waals surface area contributed by atoms with E-state index >= 15 is 0 Å². The van der Waals surface area contributed by atoms with Crippen LogP contribution in [-0.2, 0) is 4.79 Å². The number of rotatable bonds is 4. The number of amides is 2. The first-order chi connectivity index (χ1) is 6.24. The van der Waals surface area contributed by atoms with Gasteiger partial charge >= 0.3 is 0 Å². The van der Waals surface area contributed by atoms with Crippen LogP contribution in [0.2, 0.25) is 0 Å². The van der Waals surface area contributed by atoms with Gasteiger partial charge in [-0.2, -0.15) is 0 Å². The van der Waals surface area contributed by atoms with Crippen LogP contribution >= 0.6 is 11.8 Å². The van der Waals surface area contributed by atoms with Crippen molar-refractivity contribution in [3.63, 3.8) is 0 Å². The van der Waals surface area contributed by atoms with Crippen molar-refractivity contribution in [2.75, 3.05) is 25.4 Å². The Hall–Kier alpha value is -0.710. The monoisotopic (exact) mass is 202 g/mol. The van der Waals surface area contributed by atoms with E-state index in [1.807, 2.05) is 6.92 Å². The molecule has 5 heteroatoms. The van der Waals surface area contributed by atoms with E-state index in [1.54, 1.807) is 4.90 Å². The van der Waals surface area contributed by atoms with Gasteiger partial charge in [-0.25, -0.2) is 0 Å². The fraction of sp³-hybridized carbons (Fsp3) is 0.750. The molecule has 1 rings (SSSR count). The van der Waals surface area contributed by atoms with Crippen molar-refractivity contribution in [1.29, 1.82) is 0 Å². The zero-order valence-corrected chi connectivity index (χ0v) is 8.52. The molecule has 4 nitrogen and oxygen atoms in total. The molecule has 0 aromatic carbocycles. The molecule has 1 heterocycles. The van der Waals surface area contributed by atoms with Gasteiger partial charge in [0.05, 0.1) is 0 Å². The van der Waals surface area contributed by atoms with Crippen molar-refractivity contribution in [3.8, 4) is 0 Å². The molecular formula is C8H14N2O2S. The zero-order chi connectivity index (χ0) is 9.68. The number of hydrogen-bond acceptors (Lipinski definition) is 3. The second-order valence-corrected chi connectivity index (χ2v) is 3.85. The second-order valence-electron chi connectivity index (χ2n) is 2.80. The van der Waals surface area contributed by atoms with Crippen LogP contribution in [0.5, 0.6) is 0 Å². The normalized spacial score (nSPS) is 16.4. The van der Waals surface area contributed by atoms with Crippen molar-refractivity contribution in [2.24, 2.45) is 0 Å². The van der Waals surface area contributed by atoms with Gasteiger partial charge in [0.1, 0.15) is 0 Å². The highest BCUT2D eigenvalue weighted by molar-refractivity contribution is 8.13. The van der Waals surface area contributed by atoms with Gasteiger partial charge in [-0.3, -0.25) is 9.59 Å². The van der Waals surface area contributed by atoms with E-state index in [4.69, 9.17) is 0 Å². The molecular weight excluding hydrogens is 188 g/mol. The van der Waals surface area contributed by atoms with E-state index in [-0.39, 0.29) is 11.1 Å². The maximum absolute atomic E-state index is 11.1. The Morgan fingerprint density at radius 3 is 3.00 bits per heavy atom. The molecule has 2 amide bonds. The van der Waals surface area contributed by atoms with E-state index < -0.39 is 0 Å². The Bertz CT molecular complexity index is 208. The van der Waals surface area contributed by atoms with Crippen LogP contribution in [0.15, 0.2) is 0 Å². The summed E-state index contributed by atoms with van der Waals surface area (Å²) in [6.07, 6.45) is 0.417. The molecule has 0 aromatic rings. The first-order valence-electron chi connectivity index (χ1n) is 4.42. The first kappa shape index (κ1) is 10.4. The molecule has 0 aliphatic carbocycles. The summed E-state index contributed by atoms with van der Waals surface area (Å²) < 4.78 is 0. The Balaban J connectivity index is 2.18. The predicted octanol–water partition coefficient (Wildman–Crippen LogP) is 0.681. The third-order valence-corrected chi connectivity index (χ3v) is 2.72. The van der Waals surface area contributed by atoms with E-state index in [0.717, 1.165) is 12.3 Å². The van der Waals surface area contributed by atoms with Gasteiger partial charge in [0, 0.05) is 31.8 Å².